The van der Waals surface area contributed by atoms with Gasteiger partial charge < -0.3 is 15.6 Å². The predicted octanol–water partition coefficient (Wildman–Crippen LogP) is 0.419. The van der Waals surface area contributed by atoms with Gasteiger partial charge in [-0.25, -0.2) is 5.48 Å². The molecule has 1 aromatic heterocycles. The molecule has 2 rings (SSSR count). The number of carbonyl (C=O) groups excluding carboxylic acids is 2. The Morgan fingerprint density at radius 1 is 1.19 bits per heavy atom. The molecule has 2 amide bonds. The summed E-state index contributed by atoms with van der Waals surface area (Å²) in [7, 11) is 0. The molecule has 0 saturated heterocycles. The van der Waals surface area contributed by atoms with Crippen molar-refractivity contribution in [3.63, 3.8) is 0 Å². The molecule has 8 heteroatoms. The Bertz CT molecular complexity index is 921. The fourth-order valence-electron chi connectivity index (χ4n) is 2.05. The highest BCUT2D eigenvalue weighted by Crippen LogP contribution is 2.09. The second-order valence-corrected chi connectivity index (χ2v) is 6.16. The van der Waals surface area contributed by atoms with E-state index >= 15 is 0 Å². The molecule has 8 nitrogen and oxygen atoms in total. The number of hydrogen-bond acceptors (Lipinski definition) is 6. The minimum atomic E-state index is -1.11. The van der Waals surface area contributed by atoms with Gasteiger partial charge in [-0.15, -0.1) is 0 Å². The van der Waals surface area contributed by atoms with E-state index in [0.717, 1.165) is 0 Å². The third-order valence-electron chi connectivity index (χ3n) is 3.43. The van der Waals surface area contributed by atoms with Crippen molar-refractivity contribution in [1.82, 2.24) is 16.0 Å². The third kappa shape index (κ3) is 5.72. The number of nitrogens with one attached hydrogen (secondary N) is 2. The summed E-state index contributed by atoms with van der Waals surface area (Å²) in [4.78, 5) is 24.0. The van der Waals surface area contributed by atoms with E-state index in [2.05, 4.69) is 34.2 Å². The molecule has 0 spiro atoms. The van der Waals surface area contributed by atoms with Crippen LogP contribution < -0.4 is 16.5 Å². The topological polar surface area (TPSA) is 130 Å². The number of aromatic nitrogens is 1. The molecule has 0 saturated carbocycles. The van der Waals surface area contributed by atoms with Gasteiger partial charge in [0.1, 0.15) is 6.04 Å². The van der Waals surface area contributed by atoms with Crippen LogP contribution in [0.3, 0.4) is 0 Å². The summed E-state index contributed by atoms with van der Waals surface area (Å²) in [5, 5.41) is 14.8. The number of amides is 2. The SMILES string of the molecule is CC(C)(N)[C@H](NC(=O)c1ccc(C#CC#Cc2ccno2)cc1)C(=O)NO. The van der Waals surface area contributed by atoms with Crippen LogP contribution in [0.1, 0.15) is 35.5 Å². The molecule has 1 atom stereocenters. The van der Waals surface area contributed by atoms with Crippen LogP contribution in [-0.2, 0) is 4.79 Å². The van der Waals surface area contributed by atoms with E-state index in [9.17, 15) is 9.59 Å². The normalized spacial score (nSPS) is 11.3. The molecule has 1 aromatic carbocycles. The minimum absolute atomic E-state index is 0.313. The van der Waals surface area contributed by atoms with Crippen molar-refractivity contribution >= 4 is 11.8 Å². The van der Waals surface area contributed by atoms with Gasteiger partial charge in [0.2, 0.25) is 5.76 Å². The van der Waals surface area contributed by atoms with Gasteiger partial charge in [0.25, 0.3) is 11.8 Å². The van der Waals surface area contributed by atoms with Crippen molar-refractivity contribution in [3.05, 3.63) is 53.4 Å². The van der Waals surface area contributed by atoms with Crippen LogP contribution in [-0.4, -0.2) is 33.8 Å². The molecule has 0 fully saturated rings. The first kappa shape index (κ1) is 19.7. The van der Waals surface area contributed by atoms with Crippen LogP contribution in [0, 0.1) is 23.7 Å². The van der Waals surface area contributed by atoms with Gasteiger partial charge in [0.15, 0.2) is 0 Å². The standard InChI is InChI=1S/C19H18N4O4/c1-19(2,20)16(18(25)23-26)22-17(24)14-9-7-13(8-10-14)5-3-4-6-15-11-12-21-27-15/h7-12,16,26H,20H2,1-2H3,(H,22,24)(H,23,25)/t16-/m1/s1. The maximum atomic E-state index is 12.3. The Labute approximate surface area is 156 Å². The Balaban J connectivity index is 2.06. The van der Waals surface area contributed by atoms with Crippen LogP contribution in [0.5, 0.6) is 0 Å². The predicted molar refractivity (Wildman–Crippen MR) is 96.2 cm³/mol. The molecule has 1 heterocycles. The van der Waals surface area contributed by atoms with Gasteiger partial charge in [0, 0.05) is 22.7 Å². The van der Waals surface area contributed by atoms with E-state index in [1.807, 2.05) is 0 Å². The van der Waals surface area contributed by atoms with Crippen molar-refractivity contribution in [1.29, 1.82) is 0 Å². The zero-order chi connectivity index (χ0) is 19.9. The highest BCUT2D eigenvalue weighted by molar-refractivity contribution is 5.97. The molecule has 2 aromatic rings. The molecule has 0 aliphatic carbocycles. The second-order valence-electron chi connectivity index (χ2n) is 6.16. The first-order chi connectivity index (χ1) is 12.8. The average Bonchev–Trinajstić information content (AvgIpc) is 3.15. The van der Waals surface area contributed by atoms with E-state index in [1.165, 1.54) is 11.7 Å². The lowest BCUT2D eigenvalue weighted by atomic mass is 9.95. The fraction of sp³-hybridized carbons (Fsp3) is 0.211. The van der Waals surface area contributed by atoms with Crippen LogP contribution in [0.2, 0.25) is 0 Å². The maximum absolute atomic E-state index is 12.3. The Hall–Kier alpha value is -3.59. The summed E-state index contributed by atoms with van der Waals surface area (Å²) >= 11 is 0. The summed E-state index contributed by atoms with van der Waals surface area (Å²) in [5.74, 6) is 9.92. The number of hydrogen-bond donors (Lipinski definition) is 4. The highest BCUT2D eigenvalue weighted by Gasteiger charge is 2.33. The molecule has 0 unspecified atom stereocenters. The van der Waals surface area contributed by atoms with E-state index in [4.69, 9.17) is 15.5 Å². The second kappa shape index (κ2) is 8.68. The van der Waals surface area contributed by atoms with E-state index in [-0.39, 0.29) is 0 Å². The lowest BCUT2D eigenvalue weighted by molar-refractivity contribution is -0.132. The fourth-order valence-corrected chi connectivity index (χ4v) is 2.05. The molecule has 138 valence electrons. The van der Waals surface area contributed by atoms with Crippen LogP contribution >= 0.6 is 0 Å². The summed E-state index contributed by atoms with van der Waals surface area (Å²) in [5.41, 5.74) is 7.28. The largest absolute Gasteiger partial charge is 0.348 e. The van der Waals surface area contributed by atoms with Crippen LogP contribution in [0.4, 0.5) is 0 Å². The van der Waals surface area contributed by atoms with Gasteiger partial charge in [-0.05, 0) is 55.9 Å². The van der Waals surface area contributed by atoms with Crippen molar-refractivity contribution < 1.29 is 19.3 Å². The number of rotatable bonds is 4. The van der Waals surface area contributed by atoms with E-state index in [0.29, 0.717) is 16.9 Å². The lowest BCUT2D eigenvalue weighted by Crippen LogP contribution is -2.61. The Kier molecular flexibility index (Phi) is 6.34. The molecule has 0 aliphatic heterocycles. The molecule has 5 N–H and O–H groups in total. The molecule has 27 heavy (non-hydrogen) atoms. The maximum Gasteiger partial charge on any atom is 0.267 e. The van der Waals surface area contributed by atoms with Gasteiger partial charge in [-0.2, -0.15) is 0 Å². The Morgan fingerprint density at radius 2 is 1.85 bits per heavy atom. The zero-order valence-electron chi connectivity index (χ0n) is 14.7. The zero-order valence-corrected chi connectivity index (χ0v) is 14.7. The van der Waals surface area contributed by atoms with Crippen molar-refractivity contribution in [2.75, 3.05) is 0 Å². The monoisotopic (exact) mass is 366 g/mol. The first-order valence-electron chi connectivity index (χ1n) is 7.87. The molecular weight excluding hydrogens is 348 g/mol. The lowest BCUT2D eigenvalue weighted by Gasteiger charge is -2.29. The summed E-state index contributed by atoms with van der Waals surface area (Å²) in [6.45, 7) is 3.12. The molecule has 0 bridgehead atoms. The first-order valence-corrected chi connectivity index (χ1v) is 7.87. The quantitative estimate of drug-likeness (QED) is 0.352. The van der Waals surface area contributed by atoms with Crippen molar-refractivity contribution in [2.45, 2.75) is 25.4 Å². The summed E-state index contributed by atoms with van der Waals surface area (Å²) < 4.78 is 4.82. The summed E-state index contributed by atoms with van der Waals surface area (Å²) in [6, 6.07) is 6.91. The van der Waals surface area contributed by atoms with E-state index in [1.54, 1.807) is 44.2 Å². The Morgan fingerprint density at radius 3 is 2.41 bits per heavy atom. The smallest absolute Gasteiger partial charge is 0.267 e. The third-order valence-corrected chi connectivity index (χ3v) is 3.43. The molecular formula is C19H18N4O4. The van der Waals surface area contributed by atoms with Gasteiger partial charge in [-0.3, -0.25) is 14.8 Å². The van der Waals surface area contributed by atoms with Crippen LogP contribution in [0.25, 0.3) is 0 Å². The molecule has 0 aliphatic rings. The molecule has 0 radical (unpaired) electrons. The minimum Gasteiger partial charge on any atom is -0.348 e. The summed E-state index contributed by atoms with van der Waals surface area (Å²) in [6.07, 6.45) is 1.49. The number of nitrogens with zero attached hydrogens (tertiary/aromatic N) is 1. The highest BCUT2D eigenvalue weighted by atomic mass is 16.5. The van der Waals surface area contributed by atoms with E-state index < -0.39 is 23.4 Å². The number of benzene rings is 1. The van der Waals surface area contributed by atoms with Gasteiger partial charge in [-0.1, -0.05) is 11.1 Å². The van der Waals surface area contributed by atoms with Gasteiger partial charge >= 0.3 is 0 Å². The van der Waals surface area contributed by atoms with Gasteiger partial charge in [0.05, 0.1) is 6.20 Å². The number of carbonyl (C=O) groups is 2. The van der Waals surface area contributed by atoms with Crippen molar-refractivity contribution in [3.8, 4) is 23.7 Å². The van der Waals surface area contributed by atoms with Crippen LogP contribution in [0.15, 0.2) is 41.1 Å². The average molecular weight is 366 g/mol. The number of hydroxylamine groups is 1. The van der Waals surface area contributed by atoms with Crippen molar-refractivity contribution in [2.24, 2.45) is 5.73 Å². The number of nitrogens with two attached hydrogens (primary N) is 1.